The van der Waals surface area contributed by atoms with Gasteiger partial charge in [0.25, 0.3) is 0 Å². The van der Waals surface area contributed by atoms with Crippen LogP contribution < -0.4 is 0 Å². The standard InChI is InChI=1S/C12H9ClN4/c1-8-12(9-6-14-7-11(13)15-9)10-4-2-3-5-17(10)16-8/h2-7H,1H3. The van der Waals surface area contributed by atoms with Crippen LogP contribution in [-0.2, 0) is 0 Å². The molecule has 0 amide bonds. The molecule has 0 aliphatic heterocycles. The van der Waals surface area contributed by atoms with E-state index in [4.69, 9.17) is 11.6 Å². The number of aryl methyl sites for hydroxylation is 1. The Morgan fingerprint density at radius 2 is 2.12 bits per heavy atom. The fraction of sp³-hybridized carbons (Fsp3) is 0.0833. The third-order valence-corrected chi connectivity index (χ3v) is 2.76. The van der Waals surface area contributed by atoms with Gasteiger partial charge in [0, 0.05) is 6.20 Å². The van der Waals surface area contributed by atoms with E-state index in [1.54, 1.807) is 6.20 Å². The van der Waals surface area contributed by atoms with E-state index < -0.39 is 0 Å². The largest absolute Gasteiger partial charge is 0.259 e. The van der Waals surface area contributed by atoms with Crippen molar-refractivity contribution in [2.45, 2.75) is 6.92 Å². The first kappa shape index (κ1) is 10.2. The zero-order valence-electron chi connectivity index (χ0n) is 9.13. The third-order valence-electron chi connectivity index (χ3n) is 2.58. The molecule has 3 heterocycles. The molecule has 0 radical (unpaired) electrons. The Kier molecular flexibility index (Phi) is 2.30. The highest BCUT2D eigenvalue weighted by Crippen LogP contribution is 2.26. The van der Waals surface area contributed by atoms with Gasteiger partial charge >= 0.3 is 0 Å². The van der Waals surface area contributed by atoms with Gasteiger partial charge in [-0.1, -0.05) is 17.7 Å². The highest BCUT2D eigenvalue weighted by Gasteiger charge is 2.12. The van der Waals surface area contributed by atoms with Gasteiger partial charge < -0.3 is 0 Å². The zero-order chi connectivity index (χ0) is 11.8. The average molecular weight is 245 g/mol. The predicted octanol–water partition coefficient (Wildman–Crippen LogP) is 2.75. The second kappa shape index (κ2) is 3.82. The highest BCUT2D eigenvalue weighted by molar-refractivity contribution is 6.29. The van der Waals surface area contributed by atoms with Crippen molar-refractivity contribution >= 4 is 17.1 Å². The van der Waals surface area contributed by atoms with Crippen molar-refractivity contribution in [3.8, 4) is 11.3 Å². The Hall–Kier alpha value is -1.94. The van der Waals surface area contributed by atoms with Crippen molar-refractivity contribution in [3.63, 3.8) is 0 Å². The highest BCUT2D eigenvalue weighted by atomic mass is 35.5. The number of hydrogen-bond donors (Lipinski definition) is 0. The van der Waals surface area contributed by atoms with Gasteiger partial charge in [0.2, 0.25) is 0 Å². The SMILES string of the molecule is Cc1nn2ccccc2c1-c1cncc(Cl)n1. The second-order valence-corrected chi connectivity index (χ2v) is 4.11. The summed E-state index contributed by atoms with van der Waals surface area (Å²) in [5, 5.41) is 4.81. The van der Waals surface area contributed by atoms with Crippen LogP contribution in [0.15, 0.2) is 36.8 Å². The number of hydrogen-bond acceptors (Lipinski definition) is 3. The fourth-order valence-electron chi connectivity index (χ4n) is 1.90. The molecule has 3 aromatic rings. The summed E-state index contributed by atoms with van der Waals surface area (Å²) in [7, 11) is 0. The molecular formula is C12H9ClN4. The van der Waals surface area contributed by atoms with Crippen LogP contribution in [0.3, 0.4) is 0 Å². The number of fused-ring (bicyclic) bond motifs is 1. The Morgan fingerprint density at radius 1 is 1.24 bits per heavy atom. The van der Waals surface area contributed by atoms with Gasteiger partial charge in [-0.2, -0.15) is 5.10 Å². The molecule has 4 nitrogen and oxygen atoms in total. The van der Waals surface area contributed by atoms with Gasteiger partial charge in [-0.25, -0.2) is 9.50 Å². The maximum absolute atomic E-state index is 5.86. The second-order valence-electron chi connectivity index (χ2n) is 3.72. The molecule has 3 aromatic heterocycles. The third kappa shape index (κ3) is 1.66. The molecule has 0 aliphatic rings. The fourth-order valence-corrected chi connectivity index (χ4v) is 2.04. The van der Waals surface area contributed by atoms with E-state index in [9.17, 15) is 0 Å². The van der Waals surface area contributed by atoms with Gasteiger partial charge in [-0.05, 0) is 19.1 Å². The molecule has 3 rings (SSSR count). The van der Waals surface area contributed by atoms with Crippen LogP contribution in [0.5, 0.6) is 0 Å². The van der Waals surface area contributed by atoms with Crippen molar-refractivity contribution in [1.29, 1.82) is 0 Å². The molecule has 0 unspecified atom stereocenters. The summed E-state index contributed by atoms with van der Waals surface area (Å²) >= 11 is 5.86. The van der Waals surface area contributed by atoms with Gasteiger partial charge in [-0.15, -0.1) is 0 Å². The number of pyridine rings is 1. The van der Waals surface area contributed by atoms with E-state index in [2.05, 4.69) is 15.1 Å². The minimum atomic E-state index is 0.386. The normalized spacial score (nSPS) is 10.9. The molecule has 0 saturated heterocycles. The molecule has 17 heavy (non-hydrogen) atoms. The topological polar surface area (TPSA) is 43.1 Å². The van der Waals surface area contributed by atoms with Gasteiger partial charge in [0.15, 0.2) is 0 Å². The van der Waals surface area contributed by atoms with Crippen LogP contribution in [0, 0.1) is 6.92 Å². The smallest absolute Gasteiger partial charge is 0.148 e. The van der Waals surface area contributed by atoms with E-state index in [0.717, 1.165) is 22.5 Å². The van der Waals surface area contributed by atoms with Crippen LogP contribution in [-0.4, -0.2) is 19.6 Å². The monoisotopic (exact) mass is 244 g/mol. The first-order valence-corrected chi connectivity index (χ1v) is 5.55. The molecule has 0 saturated carbocycles. The van der Waals surface area contributed by atoms with E-state index in [0.29, 0.717) is 5.15 Å². The molecule has 0 spiro atoms. The van der Waals surface area contributed by atoms with Crippen molar-refractivity contribution in [1.82, 2.24) is 19.6 Å². The van der Waals surface area contributed by atoms with Crippen LogP contribution in [0.1, 0.15) is 5.69 Å². The van der Waals surface area contributed by atoms with E-state index in [-0.39, 0.29) is 0 Å². The summed E-state index contributed by atoms with van der Waals surface area (Å²) in [6, 6.07) is 5.91. The minimum Gasteiger partial charge on any atom is -0.259 e. The first-order chi connectivity index (χ1) is 8.25. The lowest BCUT2D eigenvalue weighted by Gasteiger charge is -1.99. The molecule has 5 heteroatoms. The Labute approximate surface area is 103 Å². The summed E-state index contributed by atoms with van der Waals surface area (Å²) in [6.45, 7) is 1.95. The van der Waals surface area contributed by atoms with E-state index in [1.807, 2.05) is 35.8 Å². The molecule has 0 atom stereocenters. The van der Waals surface area contributed by atoms with Crippen molar-refractivity contribution in [2.24, 2.45) is 0 Å². The summed E-state index contributed by atoms with van der Waals surface area (Å²) in [5.74, 6) is 0. The Bertz CT molecular complexity index is 690. The quantitative estimate of drug-likeness (QED) is 0.661. The molecule has 0 aromatic carbocycles. The summed E-state index contributed by atoms with van der Waals surface area (Å²) in [4.78, 5) is 8.33. The first-order valence-electron chi connectivity index (χ1n) is 5.17. The predicted molar refractivity (Wildman–Crippen MR) is 66.0 cm³/mol. The summed E-state index contributed by atoms with van der Waals surface area (Å²) in [5.41, 5.74) is 3.63. The molecule has 0 aliphatic carbocycles. The zero-order valence-corrected chi connectivity index (χ0v) is 9.89. The number of aromatic nitrogens is 4. The Balaban J connectivity index is 2.33. The summed E-state index contributed by atoms with van der Waals surface area (Å²) in [6.07, 6.45) is 5.12. The lowest BCUT2D eigenvalue weighted by Crippen LogP contribution is -1.87. The summed E-state index contributed by atoms with van der Waals surface area (Å²) < 4.78 is 1.83. The number of halogens is 1. The van der Waals surface area contributed by atoms with Crippen molar-refractivity contribution in [2.75, 3.05) is 0 Å². The van der Waals surface area contributed by atoms with Crippen molar-refractivity contribution in [3.05, 3.63) is 47.6 Å². The van der Waals surface area contributed by atoms with Crippen molar-refractivity contribution < 1.29 is 0 Å². The lowest BCUT2D eigenvalue weighted by molar-refractivity contribution is 0.934. The molecule has 0 N–H and O–H groups in total. The maximum Gasteiger partial charge on any atom is 0.148 e. The van der Waals surface area contributed by atoms with Gasteiger partial charge in [-0.3, -0.25) is 4.98 Å². The van der Waals surface area contributed by atoms with Crippen LogP contribution >= 0.6 is 11.6 Å². The number of nitrogens with zero attached hydrogens (tertiary/aromatic N) is 4. The lowest BCUT2D eigenvalue weighted by atomic mass is 10.1. The van der Waals surface area contributed by atoms with Gasteiger partial charge in [0.1, 0.15) is 5.15 Å². The Morgan fingerprint density at radius 3 is 2.94 bits per heavy atom. The minimum absolute atomic E-state index is 0.386. The van der Waals surface area contributed by atoms with E-state index >= 15 is 0 Å². The van der Waals surface area contributed by atoms with Gasteiger partial charge in [0.05, 0.1) is 34.9 Å². The molecule has 0 bridgehead atoms. The number of rotatable bonds is 1. The molecule has 0 fully saturated rings. The van der Waals surface area contributed by atoms with Crippen LogP contribution in [0.4, 0.5) is 0 Å². The average Bonchev–Trinajstić information content (AvgIpc) is 2.64. The molecular weight excluding hydrogens is 236 g/mol. The van der Waals surface area contributed by atoms with Crippen LogP contribution in [0.2, 0.25) is 5.15 Å². The maximum atomic E-state index is 5.86. The molecule has 84 valence electrons. The van der Waals surface area contributed by atoms with E-state index in [1.165, 1.54) is 6.20 Å². The van der Waals surface area contributed by atoms with Crippen LogP contribution in [0.25, 0.3) is 16.8 Å².